The first-order valence-electron chi connectivity index (χ1n) is 4.86. The summed E-state index contributed by atoms with van der Waals surface area (Å²) in [6.45, 7) is 0.971. The minimum atomic E-state index is -0.0937. The number of rotatable bonds is 5. The van der Waals surface area contributed by atoms with E-state index >= 15 is 0 Å². The molecule has 0 aliphatic carbocycles. The molecular weight excluding hydrogens is 268 g/mol. The molecule has 1 aromatic carbocycles. The molecule has 16 heavy (non-hydrogen) atoms. The molecule has 0 heterocycles. The van der Waals surface area contributed by atoms with Crippen molar-refractivity contribution in [2.75, 3.05) is 24.8 Å². The number of carbonyl (C=O) groups excluding carboxylic acids is 1. The number of halogens is 3. The van der Waals surface area contributed by atoms with Crippen LogP contribution in [0.4, 0.5) is 0 Å². The Kier molecular flexibility index (Phi) is 5.96. The average Bonchev–Trinajstić information content (AvgIpc) is 2.28. The zero-order valence-corrected chi connectivity index (χ0v) is 10.9. The Hall–Kier alpha value is -0.440. The van der Waals surface area contributed by atoms with Gasteiger partial charge in [0.25, 0.3) is 5.91 Å². The molecule has 0 fully saturated rings. The molecule has 0 N–H and O–H groups in total. The lowest BCUT2D eigenvalue weighted by Gasteiger charge is -2.20. The summed E-state index contributed by atoms with van der Waals surface area (Å²) in [4.78, 5) is 13.6. The quantitative estimate of drug-likeness (QED) is 0.758. The van der Waals surface area contributed by atoms with Crippen molar-refractivity contribution in [3.63, 3.8) is 0 Å². The van der Waals surface area contributed by atoms with Crippen molar-refractivity contribution in [2.24, 2.45) is 0 Å². The number of amides is 1. The van der Waals surface area contributed by atoms with Crippen molar-refractivity contribution in [1.29, 1.82) is 0 Å². The van der Waals surface area contributed by atoms with Gasteiger partial charge in [-0.1, -0.05) is 17.7 Å². The molecule has 1 rings (SSSR count). The lowest BCUT2D eigenvalue weighted by Crippen LogP contribution is -2.34. The monoisotopic (exact) mass is 279 g/mol. The largest absolute Gasteiger partial charge is 0.336 e. The van der Waals surface area contributed by atoms with Crippen LogP contribution in [0.2, 0.25) is 5.02 Å². The summed E-state index contributed by atoms with van der Waals surface area (Å²) in [6, 6.07) is 6.84. The Morgan fingerprint density at radius 3 is 2.31 bits per heavy atom. The predicted molar refractivity (Wildman–Crippen MR) is 68.8 cm³/mol. The van der Waals surface area contributed by atoms with Crippen molar-refractivity contribution < 1.29 is 4.79 Å². The fraction of sp³-hybridized carbons (Fsp3) is 0.364. The first-order chi connectivity index (χ1) is 7.69. The van der Waals surface area contributed by atoms with Crippen LogP contribution in [0.25, 0.3) is 0 Å². The smallest absolute Gasteiger partial charge is 0.253 e. The highest BCUT2D eigenvalue weighted by atomic mass is 35.5. The minimum Gasteiger partial charge on any atom is -0.336 e. The van der Waals surface area contributed by atoms with E-state index < -0.39 is 0 Å². The standard InChI is InChI=1S/C11H12Cl3NO/c12-4-6-15(7-5-13)11(16)9-2-1-3-10(14)8-9/h1-3,8H,4-7H2. The van der Waals surface area contributed by atoms with Crippen LogP contribution in [-0.2, 0) is 0 Å². The predicted octanol–water partition coefficient (Wildman–Crippen LogP) is 3.26. The lowest BCUT2D eigenvalue weighted by molar-refractivity contribution is 0.0775. The number of hydrogen-bond donors (Lipinski definition) is 0. The maximum atomic E-state index is 12.0. The molecule has 0 aromatic heterocycles. The van der Waals surface area contributed by atoms with E-state index in [0.717, 1.165) is 0 Å². The second kappa shape index (κ2) is 7.00. The van der Waals surface area contributed by atoms with Crippen molar-refractivity contribution in [3.8, 4) is 0 Å². The van der Waals surface area contributed by atoms with Gasteiger partial charge in [-0.25, -0.2) is 0 Å². The molecule has 5 heteroatoms. The average molecular weight is 281 g/mol. The van der Waals surface area contributed by atoms with Gasteiger partial charge in [-0.15, -0.1) is 23.2 Å². The molecule has 0 saturated heterocycles. The summed E-state index contributed by atoms with van der Waals surface area (Å²) in [5.74, 6) is 0.690. The first kappa shape index (κ1) is 13.6. The van der Waals surface area contributed by atoms with Gasteiger partial charge < -0.3 is 4.90 Å². The molecule has 88 valence electrons. The van der Waals surface area contributed by atoms with Crippen molar-refractivity contribution >= 4 is 40.7 Å². The number of carbonyl (C=O) groups is 1. The summed E-state index contributed by atoms with van der Waals surface area (Å²) >= 11 is 17.1. The minimum absolute atomic E-state index is 0.0937. The van der Waals surface area contributed by atoms with E-state index in [0.29, 0.717) is 35.4 Å². The summed E-state index contributed by atoms with van der Waals surface area (Å²) < 4.78 is 0. The third-order valence-corrected chi connectivity index (χ3v) is 2.64. The highest BCUT2D eigenvalue weighted by Crippen LogP contribution is 2.13. The topological polar surface area (TPSA) is 20.3 Å². The Bertz CT molecular complexity index is 351. The van der Waals surface area contributed by atoms with Crippen LogP contribution in [0.1, 0.15) is 10.4 Å². The van der Waals surface area contributed by atoms with Crippen molar-refractivity contribution in [2.45, 2.75) is 0 Å². The van der Waals surface area contributed by atoms with Crippen LogP contribution in [0.15, 0.2) is 24.3 Å². The van der Waals surface area contributed by atoms with Crippen molar-refractivity contribution in [3.05, 3.63) is 34.9 Å². The van der Waals surface area contributed by atoms with Gasteiger partial charge in [0.15, 0.2) is 0 Å². The van der Waals surface area contributed by atoms with Crippen LogP contribution in [0.3, 0.4) is 0 Å². The Balaban J connectivity index is 2.81. The van der Waals surface area contributed by atoms with E-state index in [1.165, 1.54) is 0 Å². The highest BCUT2D eigenvalue weighted by Gasteiger charge is 2.14. The highest BCUT2D eigenvalue weighted by molar-refractivity contribution is 6.31. The van der Waals surface area contributed by atoms with Crippen LogP contribution < -0.4 is 0 Å². The Morgan fingerprint density at radius 1 is 1.19 bits per heavy atom. The van der Waals surface area contributed by atoms with Crippen LogP contribution in [-0.4, -0.2) is 35.7 Å². The van der Waals surface area contributed by atoms with Gasteiger partial charge in [-0.2, -0.15) is 0 Å². The lowest BCUT2D eigenvalue weighted by atomic mass is 10.2. The summed E-state index contributed by atoms with van der Waals surface area (Å²) in [5, 5.41) is 0.544. The van der Waals surface area contributed by atoms with Gasteiger partial charge >= 0.3 is 0 Å². The molecular formula is C11H12Cl3NO. The van der Waals surface area contributed by atoms with Gasteiger partial charge in [0.05, 0.1) is 0 Å². The SMILES string of the molecule is O=C(c1cccc(Cl)c1)N(CCCl)CCCl. The van der Waals surface area contributed by atoms with Gasteiger partial charge in [0.1, 0.15) is 0 Å². The molecule has 0 aliphatic heterocycles. The Labute approximate surface area is 110 Å². The third-order valence-electron chi connectivity index (χ3n) is 2.07. The van der Waals surface area contributed by atoms with E-state index in [1.807, 2.05) is 0 Å². The Morgan fingerprint density at radius 2 is 1.81 bits per heavy atom. The maximum Gasteiger partial charge on any atom is 0.253 e. The van der Waals surface area contributed by atoms with E-state index in [9.17, 15) is 4.79 Å². The fourth-order valence-electron chi connectivity index (χ4n) is 1.32. The molecule has 1 amide bonds. The number of nitrogens with zero attached hydrogens (tertiary/aromatic N) is 1. The molecule has 0 spiro atoms. The van der Waals surface area contributed by atoms with Gasteiger partial charge in [0.2, 0.25) is 0 Å². The first-order valence-corrected chi connectivity index (χ1v) is 6.30. The van der Waals surface area contributed by atoms with Crippen LogP contribution in [0.5, 0.6) is 0 Å². The molecule has 0 unspecified atom stereocenters. The van der Waals surface area contributed by atoms with Crippen LogP contribution >= 0.6 is 34.8 Å². The fourth-order valence-corrected chi connectivity index (χ4v) is 1.92. The number of hydrogen-bond acceptors (Lipinski definition) is 1. The molecule has 1 aromatic rings. The molecule has 2 nitrogen and oxygen atoms in total. The molecule has 0 aliphatic rings. The molecule has 0 saturated carbocycles. The van der Waals surface area contributed by atoms with Crippen molar-refractivity contribution in [1.82, 2.24) is 4.90 Å². The van der Waals surface area contributed by atoms with E-state index in [2.05, 4.69) is 0 Å². The zero-order chi connectivity index (χ0) is 12.0. The molecule has 0 radical (unpaired) electrons. The summed E-state index contributed by atoms with van der Waals surface area (Å²) in [6.07, 6.45) is 0. The zero-order valence-electron chi connectivity index (χ0n) is 8.63. The summed E-state index contributed by atoms with van der Waals surface area (Å²) in [5.41, 5.74) is 0.558. The second-order valence-electron chi connectivity index (χ2n) is 3.18. The normalized spacial score (nSPS) is 10.2. The third kappa shape index (κ3) is 3.85. The molecule has 0 bridgehead atoms. The second-order valence-corrected chi connectivity index (χ2v) is 4.37. The van der Waals surface area contributed by atoms with Gasteiger partial charge in [-0.05, 0) is 18.2 Å². The van der Waals surface area contributed by atoms with Crippen LogP contribution in [0, 0.1) is 0 Å². The maximum absolute atomic E-state index is 12.0. The van der Waals surface area contributed by atoms with E-state index in [4.69, 9.17) is 34.8 Å². The van der Waals surface area contributed by atoms with Gasteiger partial charge in [0, 0.05) is 35.4 Å². The van der Waals surface area contributed by atoms with E-state index in [-0.39, 0.29) is 5.91 Å². The van der Waals surface area contributed by atoms with Gasteiger partial charge in [-0.3, -0.25) is 4.79 Å². The number of benzene rings is 1. The molecule has 0 atom stereocenters. The number of alkyl halides is 2. The van der Waals surface area contributed by atoms with E-state index in [1.54, 1.807) is 29.2 Å². The summed E-state index contributed by atoms with van der Waals surface area (Å²) in [7, 11) is 0.